The van der Waals surface area contributed by atoms with Gasteiger partial charge in [0.2, 0.25) is 5.78 Å². The van der Waals surface area contributed by atoms with Crippen LogP contribution in [0, 0.1) is 17.7 Å². The molecule has 0 aliphatic heterocycles. The lowest BCUT2D eigenvalue weighted by atomic mass is 9.58. The number of halogens is 1. The fraction of sp³-hybridized carbons (Fsp3) is 0.333. The van der Waals surface area contributed by atoms with Crippen molar-refractivity contribution in [3.8, 4) is 5.75 Å². The summed E-state index contributed by atoms with van der Waals surface area (Å²) < 4.78 is 15.5. The summed E-state index contributed by atoms with van der Waals surface area (Å²) >= 11 is 0. The van der Waals surface area contributed by atoms with Crippen molar-refractivity contribution in [1.82, 2.24) is 4.90 Å². The van der Waals surface area contributed by atoms with Gasteiger partial charge in [0.1, 0.15) is 22.9 Å². The first-order chi connectivity index (χ1) is 20.1. The van der Waals surface area contributed by atoms with E-state index in [9.17, 15) is 39.6 Å². The van der Waals surface area contributed by atoms with E-state index < -0.39 is 92.3 Å². The van der Waals surface area contributed by atoms with E-state index in [0.29, 0.717) is 5.69 Å². The highest BCUT2D eigenvalue weighted by Crippen LogP contribution is 2.53. The number of hydrogen-bond donors (Lipinski definition) is 6. The maximum absolute atomic E-state index is 15.5. The van der Waals surface area contributed by atoms with Crippen LogP contribution < -0.4 is 16.0 Å². The van der Waals surface area contributed by atoms with E-state index in [4.69, 9.17) is 5.73 Å². The third-order valence-electron chi connectivity index (χ3n) is 8.54. The van der Waals surface area contributed by atoms with E-state index in [-0.39, 0.29) is 24.0 Å². The summed E-state index contributed by atoms with van der Waals surface area (Å²) in [5.74, 6) is -10.0. The number of aliphatic hydroxyl groups is 3. The molecule has 0 saturated carbocycles. The number of hydrogen-bond acceptors (Lipinski definition) is 10. The van der Waals surface area contributed by atoms with Gasteiger partial charge in [-0.25, -0.2) is 4.39 Å². The number of phenolic OH excluding ortho intramolecular Hbond substituents is 1. The van der Waals surface area contributed by atoms with Crippen molar-refractivity contribution in [1.29, 1.82) is 0 Å². The number of primary amides is 1. The number of fused-ring (bicyclic) bond motifs is 3. The molecule has 0 unspecified atom stereocenters. The van der Waals surface area contributed by atoms with E-state index in [1.807, 2.05) is 0 Å². The molecule has 0 radical (unpaired) electrons. The Bertz CT molecular complexity index is 1680. The maximum atomic E-state index is 15.5. The molecule has 2 aromatic carbocycles. The van der Waals surface area contributed by atoms with E-state index in [0.717, 1.165) is 6.07 Å². The molecule has 0 fully saturated rings. The number of aliphatic hydroxyl groups excluding tert-OH is 2. The fourth-order valence-corrected chi connectivity index (χ4v) is 6.49. The van der Waals surface area contributed by atoms with Crippen LogP contribution in [-0.4, -0.2) is 88.5 Å². The second-order valence-electron chi connectivity index (χ2n) is 11.5. The molecule has 3 aliphatic rings. The molecular weight excluding hydrogens is 563 g/mol. The number of allylic oxidation sites excluding steroid dienone is 1. The number of benzene rings is 2. The Labute approximate surface area is 245 Å². The van der Waals surface area contributed by atoms with E-state index in [1.165, 1.54) is 25.1 Å². The minimum Gasteiger partial charge on any atom is -0.510 e. The molecule has 2 amide bonds. The normalized spacial score (nSPS) is 24.9. The maximum Gasteiger partial charge on any atom is 0.255 e. The smallest absolute Gasteiger partial charge is 0.255 e. The largest absolute Gasteiger partial charge is 0.510 e. The number of nitrogens with zero attached hydrogens (tertiary/aromatic N) is 2. The van der Waals surface area contributed by atoms with Gasteiger partial charge in [-0.05, 0) is 51.1 Å². The third-order valence-corrected chi connectivity index (χ3v) is 8.54. The molecule has 0 heterocycles. The zero-order chi connectivity index (χ0) is 31.7. The molecule has 0 spiro atoms. The second-order valence-corrected chi connectivity index (χ2v) is 11.5. The molecule has 0 bridgehead atoms. The summed E-state index contributed by atoms with van der Waals surface area (Å²) in [5.41, 5.74) is 0.943. The first-order valence-electron chi connectivity index (χ1n) is 13.4. The Balaban J connectivity index is 1.60. The summed E-state index contributed by atoms with van der Waals surface area (Å²) in [6.45, 7) is 0. The van der Waals surface area contributed by atoms with Gasteiger partial charge < -0.3 is 36.4 Å². The van der Waals surface area contributed by atoms with Gasteiger partial charge in [0.25, 0.3) is 11.8 Å². The quantitative estimate of drug-likeness (QED) is 0.219. The first kappa shape index (κ1) is 29.7. The highest BCUT2D eigenvalue weighted by atomic mass is 19.1. The van der Waals surface area contributed by atoms with Crippen molar-refractivity contribution in [2.75, 3.05) is 38.4 Å². The minimum absolute atomic E-state index is 0.174. The molecule has 0 aromatic heterocycles. The SMILES string of the molecule is CN(C)c1cccc(C(=O)Nc2cc(F)c3c(c2O)C(=O)C2=C(O)[C@]4(O)C(=O)C(C(N)=O)=C(O)[C@@H](N(C)C)[C@@H]4C[C@@H]2C3)c1. The highest BCUT2D eigenvalue weighted by Gasteiger charge is 2.63. The van der Waals surface area contributed by atoms with Crippen molar-refractivity contribution >= 4 is 34.8 Å². The van der Waals surface area contributed by atoms with Crippen LogP contribution in [0.5, 0.6) is 5.75 Å². The average Bonchev–Trinajstić information content (AvgIpc) is 2.93. The van der Waals surface area contributed by atoms with E-state index in [1.54, 1.807) is 37.2 Å². The molecule has 4 atom stereocenters. The average molecular weight is 595 g/mol. The number of ketones is 2. The van der Waals surface area contributed by atoms with Crippen LogP contribution in [-0.2, 0) is 16.0 Å². The molecule has 43 heavy (non-hydrogen) atoms. The van der Waals surface area contributed by atoms with Crippen molar-refractivity contribution in [2.45, 2.75) is 24.5 Å². The first-order valence-corrected chi connectivity index (χ1v) is 13.4. The van der Waals surface area contributed by atoms with Gasteiger partial charge in [0.05, 0.1) is 17.3 Å². The number of nitrogens with two attached hydrogens (primary N) is 1. The van der Waals surface area contributed by atoms with Crippen LogP contribution in [0.3, 0.4) is 0 Å². The van der Waals surface area contributed by atoms with Gasteiger partial charge in [0, 0.05) is 48.5 Å². The lowest BCUT2D eigenvalue weighted by Gasteiger charge is -2.50. The van der Waals surface area contributed by atoms with Crippen LogP contribution in [0.15, 0.2) is 53.0 Å². The number of likely N-dealkylation sites (N-methyl/N-ethyl adjacent to an activating group) is 1. The van der Waals surface area contributed by atoms with Crippen molar-refractivity contribution in [2.24, 2.45) is 17.6 Å². The van der Waals surface area contributed by atoms with Gasteiger partial charge >= 0.3 is 0 Å². The van der Waals surface area contributed by atoms with E-state index >= 15 is 4.39 Å². The summed E-state index contributed by atoms with van der Waals surface area (Å²) in [7, 11) is 6.59. The van der Waals surface area contributed by atoms with Crippen molar-refractivity contribution < 1.29 is 44.0 Å². The number of Topliss-reactive ketones (excluding diaryl/α,β-unsaturated/α-hetero) is 2. The summed E-state index contributed by atoms with van der Waals surface area (Å²) in [4.78, 5) is 55.5. The molecule has 13 heteroatoms. The summed E-state index contributed by atoms with van der Waals surface area (Å²) in [5, 5.41) is 47.4. The lowest BCUT2D eigenvalue weighted by molar-refractivity contribution is -0.148. The topological polar surface area (TPSA) is 194 Å². The molecule has 12 nitrogen and oxygen atoms in total. The predicted octanol–water partition coefficient (Wildman–Crippen LogP) is 1.58. The Kier molecular flexibility index (Phi) is 7.06. The molecule has 7 N–H and O–H groups in total. The number of phenols is 1. The predicted molar refractivity (Wildman–Crippen MR) is 152 cm³/mol. The van der Waals surface area contributed by atoms with Crippen molar-refractivity contribution in [3.63, 3.8) is 0 Å². The zero-order valence-corrected chi connectivity index (χ0v) is 23.8. The van der Waals surface area contributed by atoms with Gasteiger partial charge in [-0.1, -0.05) is 6.07 Å². The molecule has 5 rings (SSSR count). The van der Waals surface area contributed by atoms with Crippen LogP contribution in [0.1, 0.15) is 32.7 Å². The molecule has 226 valence electrons. The number of carbonyl (C=O) groups is 4. The zero-order valence-electron chi connectivity index (χ0n) is 23.8. The second kappa shape index (κ2) is 10.2. The van der Waals surface area contributed by atoms with Crippen LogP contribution in [0.4, 0.5) is 15.8 Å². The monoisotopic (exact) mass is 594 g/mol. The van der Waals surface area contributed by atoms with Crippen molar-refractivity contribution in [3.05, 3.63) is 75.5 Å². The Morgan fingerprint density at radius 1 is 1.09 bits per heavy atom. The molecule has 3 aliphatic carbocycles. The Hall–Kier alpha value is -4.75. The van der Waals surface area contributed by atoms with Crippen LogP contribution >= 0.6 is 0 Å². The number of anilines is 2. The Morgan fingerprint density at radius 3 is 2.37 bits per heavy atom. The number of carbonyl (C=O) groups excluding carboxylic acids is 4. The number of amides is 2. The lowest BCUT2D eigenvalue weighted by Crippen LogP contribution is -2.63. The minimum atomic E-state index is -2.82. The van der Waals surface area contributed by atoms with Gasteiger partial charge in [-0.3, -0.25) is 24.1 Å². The fourth-order valence-electron chi connectivity index (χ4n) is 6.49. The Morgan fingerprint density at radius 2 is 1.77 bits per heavy atom. The molecule has 2 aromatic rings. The van der Waals surface area contributed by atoms with Crippen LogP contribution in [0.2, 0.25) is 0 Å². The number of nitrogens with one attached hydrogen (secondary N) is 1. The third kappa shape index (κ3) is 4.34. The van der Waals surface area contributed by atoms with E-state index in [2.05, 4.69) is 5.32 Å². The number of rotatable bonds is 5. The number of aromatic hydroxyl groups is 1. The summed E-state index contributed by atoms with van der Waals surface area (Å²) in [6.07, 6.45) is -0.389. The summed E-state index contributed by atoms with van der Waals surface area (Å²) in [6, 6.07) is 6.24. The van der Waals surface area contributed by atoms with Gasteiger partial charge in [-0.15, -0.1) is 0 Å². The standard InChI is InChI=1S/C30H31FN4O8/c1-34(2)14-7-5-6-12(8-14)29(42)33-18-11-17(31)15-9-13-10-16-22(35(3)4)25(38)21(28(32)41)27(40)30(16,43)26(39)19(13)24(37)20(15)23(18)36/h5-8,11,13,16,22,36,38-39,43H,9-10H2,1-4H3,(H2,32,41)(H,33,42)/t13-,16-,22-,30-/m0/s1. The van der Waals surface area contributed by atoms with Crippen LogP contribution in [0.25, 0.3) is 0 Å². The van der Waals surface area contributed by atoms with Gasteiger partial charge in [0.15, 0.2) is 17.1 Å². The molecular formula is C30H31FN4O8. The molecule has 0 saturated heterocycles. The van der Waals surface area contributed by atoms with Gasteiger partial charge in [-0.2, -0.15) is 0 Å². The highest BCUT2D eigenvalue weighted by molar-refractivity contribution is 6.25.